The topological polar surface area (TPSA) is 20.2 Å². The number of hydrogen-bond acceptors (Lipinski definition) is 2. The second kappa shape index (κ2) is 6.72. The van der Waals surface area contributed by atoms with Gasteiger partial charge in [0.15, 0.2) is 0 Å². The molecule has 0 radical (unpaired) electrons. The van der Waals surface area contributed by atoms with Gasteiger partial charge >= 0.3 is 0 Å². The summed E-state index contributed by atoms with van der Waals surface area (Å²) in [5.74, 6) is 0. The molecular formula is C16H20OS. The Morgan fingerprint density at radius 3 is 2.56 bits per heavy atom. The van der Waals surface area contributed by atoms with Gasteiger partial charge in [-0.1, -0.05) is 37.3 Å². The van der Waals surface area contributed by atoms with Gasteiger partial charge in [0.05, 0.1) is 6.10 Å². The fraction of sp³-hybridized carbons (Fsp3) is 0.375. The summed E-state index contributed by atoms with van der Waals surface area (Å²) < 4.78 is 0. The van der Waals surface area contributed by atoms with Crippen LogP contribution in [0.4, 0.5) is 0 Å². The van der Waals surface area contributed by atoms with Crippen molar-refractivity contribution in [3.8, 4) is 0 Å². The maximum atomic E-state index is 10.1. The van der Waals surface area contributed by atoms with E-state index in [2.05, 4.69) is 43.3 Å². The van der Waals surface area contributed by atoms with Gasteiger partial charge in [-0.15, -0.1) is 11.3 Å². The molecule has 0 aliphatic heterocycles. The van der Waals surface area contributed by atoms with Gasteiger partial charge in [-0.2, -0.15) is 0 Å². The molecule has 96 valence electrons. The van der Waals surface area contributed by atoms with E-state index < -0.39 is 0 Å². The molecule has 1 atom stereocenters. The summed E-state index contributed by atoms with van der Waals surface area (Å²) in [7, 11) is 0. The van der Waals surface area contributed by atoms with Crippen LogP contribution in [0.5, 0.6) is 0 Å². The Morgan fingerprint density at radius 2 is 1.89 bits per heavy atom. The van der Waals surface area contributed by atoms with E-state index >= 15 is 0 Å². The lowest BCUT2D eigenvalue weighted by atomic mass is 10.1. The van der Waals surface area contributed by atoms with Crippen LogP contribution in [0, 0.1) is 0 Å². The van der Waals surface area contributed by atoms with Crippen LogP contribution in [0.1, 0.15) is 41.2 Å². The summed E-state index contributed by atoms with van der Waals surface area (Å²) in [4.78, 5) is 2.46. The Hall–Kier alpha value is -1.12. The van der Waals surface area contributed by atoms with Crippen LogP contribution in [0.25, 0.3) is 0 Å². The van der Waals surface area contributed by atoms with Crippen LogP contribution in [-0.2, 0) is 12.8 Å². The Balaban J connectivity index is 1.79. The van der Waals surface area contributed by atoms with E-state index in [1.807, 2.05) is 6.07 Å². The van der Waals surface area contributed by atoms with E-state index in [1.54, 1.807) is 11.3 Å². The summed E-state index contributed by atoms with van der Waals surface area (Å²) in [6.45, 7) is 2.15. The van der Waals surface area contributed by atoms with Gasteiger partial charge in [0.2, 0.25) is 0 Å². The van der Waals surface area contributed by atoms with Crippen molar-refractivity contribution in [2.24, 2.45) is 0 Å². The Kier molecular flexibility index (Phi) is 4.97. The maximum absolute atomic E-state index is 10.1. The number of benzene rings is 1. The number of thiophene rings is 1. The Labute approximate surface area is 113 Å². The molecule has 1 aromatic carbocycles. The predicted molar refractivity (Wildman–Crippen MR) is 78.0 cm³/mol. The lowest BCUT2D eigenvalue weighted by molar-refractivity contribution is 0.168. The quantitative estimate of drug-likeness (QED) is 0.818. The molecule has 1 nitrogen and oxygen atoms in total. The fourth-order valence-corrected chi connectivity index (χ4v) is 3.02. The van der Waals surface area contributed by atoms with E-state index in [0.29, 0.717) is 0 Å². The first-order valence-electron chi connectivity index (χ1n) is 6.60. The molecule has 0 saturated carbocycles. The molecule has 0 saturated heterocycles. The smallest absolute Gasteiger partial charge is 0.0882 e. The van der Waals surface area contributed by atoms with Crippen molar-refractivity contribution >= 4 is 11.3 Å². The molecule has 0 bridgehead atoms. The van der Waals surface area contributed by atoms with Gasteiger partial charge in [0, 0.05) is 9.75 Å². The van der Waals surface area contributed by atoms with Crippen LogP contribution in [-0.4, -0.2) is 5.11 Å². The number of aryl methyl sites for hydroxylation is 2. The third-order valence-electron chi connectivity index (χ3n) is 3.15. The van der Waals surface area contributed by atoms with E-state index in [0.717, 1.165) is 30.6 Å². The van der Waals surface area contributed by atoms with Crippen LogP contribution in [0.2, 0.25) is 0 Å². The molecule has 0 amide bonds. The normalized spacial score (nSPS) is 12.6. The molecule has 2 rings (SSSR count). The first-order valence-corrected chi connectivity index (χ1v) is 7.42. The minimum atomic E-state index is -0.293. The summed E-state index contributed by atoms with van der Waals surface area (Å²) >= 11 is 1.74. The molecule has 1 heterocycles. The largest absolute Gasteiger partial charge is 0.388 e. The average Bonchev–Trinajstić information content (AvgIpc) is 2.89. The second-order valence-corrected chi connectivity index (χ2v) is 5.75. The average molecular weight is 260 g/mol. The Bertz CT molecular complexity index is 461. The molecule has 1 aromatic heterocycles. The minimum absolute atomic E-state index is 0.293. The van der Waals surface area contributed by atoms with E-state index in [-0.39, 0.29) is 6.10 Å². The van der Waals surface area contributed by atoms with Crippen molar-refractivity contribution < 1.29 is 5.11 Å². The zero-order chi connectivity index (χ0) is 12.8. The number of aliphatic hydroxyl groups is 1. The summed E-state index contributed by atoms with van der Waals surface area (Å²) in [5, 5.41) is 10.1. The molecule has 0 fully saturated rings. The van der Waals surface area contributed by atoms with Crippen molar-refractivity contribution in [2.45, 2.75) is 38.7 Å². The fourth-order valence-electron chi connectivity index (χ4n) is 2.05. The van der Waals surface area contributed by atoms with Crippen LogP contribution in [0.3, 0.4) is 0 Å². The number of hydrogen-bond donors (Lipinski definition) is 1. The van der Waals surface area contributed by atoms with Crippen LogP contribution < -0.4 is 0 Å². The zero-order valence-electron chi connectivity index (χ0n) is 10.8. The van der Waals surface area contributed by atoms with Gasteiger partial charge in [-0.25, -0.2) is 0 Å². The Morgan fingerprint density at radius 1 is 1.11 bits per heavy atom. The second-order valence-electron chi connectivity index (χ2n) is 4.55. The van der Waals surface area contributed by atoms with E-state index in [1.165, 1.54) is 10.4 Å². The molecule has 0 spiro atoms. The molecule has 0 aliphatic rings. The van der Waals surface area contributed by atoms with Gasteiger partial charge in [0.25, 0.3) is 0 Å². The monoisotopic (exact) mass is 260 g/mol. The highest BCUT2D eigenvalue weighted by Gasteiger charge is 2.09. The molecule has 0 aliphatic carbocycles. The number of rotatable bonds is 6. The summed E-state index contributed by atoms with van der Waals surface area (Å²) in [6.07, 6.45) is 3.69. The van der Waals surface area contributed by atoms with Crippen molar-refractivity contribution in [3.05, 3.63) is 57.8 Å². The third kappa shape index (κ3) is 3.69. The third-order valence-corrected chi connectivity index (χ3v) is 4.48. The predicted octanol–water partition coefficient (Wildman–Crippen LogP) is 4.37. The molecule has 2 aromatic rings. The lowest BCUT2D eigenvalue weighted by Gasteiger charge is -2.08. The van der Waals surface area contributed by atoms with Crippen LogP contribution >= 0.6 is 11.3 Å². The first-order chi connectivity index (χ1) is 8.79. The highest BCUT2D eigenvalue weighted by atomic mass is 32.1. The van der Waals surface area contributed by atoms with Crippen molar-refractivity contribution in [1.82, 2.24) is 0 Å². The minimum Gasteiger partial charge on any atom is -0.388 e. The standard InChI is InChI=1S/C16H20OS/c1-2-14-11-12-16(18-14)15(17)10-6-9-13-7-4-3-5-8-13/h3-5,7-8,11-12,15,17H,2,6,9-10H2,1H3. The molecular weight excluding hydrogens is 240 g/mol. The zero-order valence-corrected chi connectivity index (χ0v) is 11.6. The van der Waals surface area contributed by atoms with Crippen LogP contribution in [0.15, 0.2) is 42.5 Å². The van der Waals surface area contributed by atoms with Crippen molar-refractivity contribution in [1.29, 1.82) is 0 Å². The number of aliphatic hydroxyl groups excluding tert-OH is 1. The maximum Gasteiger partial charge on any atom is 0.0882 e. The van der Waals surface area contributed by atoms with Gasteiger partial charge < -0.3 is 5.11 Å². The molecule has 1 unspecified atom stereocenters. The van der Waals surface area contributed by atoms with E-state index in [9.17, 15) is 5.11 Å². The molecule has 18 heavy (non-hydrogen) atoms. The first kappa shape index (κ1) is 13.3. The summed E-state index contributed by atoms with van der Waals surface area (Å²) in [5.41, 5.74) is 1.35. The van der Waals surface area contributed by atoms with Gasteiger partial charge in [0.1, 0.15) is 0 Å². The summed E-state index contributed by atoms with van der Waals surface area (Å²) in [6, 6.07) is 14.7. The van der Waals surface area contributed by atoms with Gasteiger partial charge in [-0.05, 0) is 43.4 Å². The lowest BCUT2D eigenvalue weighted by Crippen LogP contribution is -1.95. The SMILES string of the molecule is CCc1ccc(C(O)CCCc2ccccc2)s1. The van der Waals surface area contributed by atoms with Crippen molar-refractivity contribution in [3.63, 3.8) is 0 Å². The molecule has 2 heteroatoms. The van der Waals surface area contributed by atoms with Gasteiger partial charge in [-0.3, -0.25) is 0 Å². The van der Waals surface area contributed by atoms with E-state index in [4.69, 9.17) is 0 Å². The molecule has 1 N–H and O–H groups in total. The van der Waals surface area contributed by atoms with Crippen molar-refractivity contribution in [2.75, 3.05) is 0 Å². The highest BCUT2D eigenvalue weighted by Crippen LogP contribution is 2.27. The highest BCUT2D eigenvalue weighted by molar-refractivity contribution is 7.12.